The van der Waals surface area contributed by atoms with Crippen LogP contribution in [0.15, 0.2) is 47.4 Å². The van der Waals surface area contributed by atoms with Gasteiger partial charge in [-0.1, -0.05) is 31.2 Å². The van der Waals surface area contributed by atoms with E-state index in [9.17, 15) is 20.0 Å². The summed E-state index contributed by atoms with van der Waals surface area (Å²) in [5.41, 5.74) is 7.88. The first kappa shape index (κ1) is 21.5. The highest BCUT2D eigenvalue weighted by Crippen LogP contribution is 2.44. The van der Waals surface area contributed by atoms with Crippen LogP contribution in [0.5, 0.6) is 0 Å². The molecule has 1 aliphatic carbocycles. The number of amidine groups is 1. The lowest BCUT2D eigenvalue weighted by Crippen LogP contribution is -2.29. The zero-order chi connectivity index (χ0) is 23.0. The molecule has 1 aromatic heterocycles. The topological polar surface area (TPSA) is 131 Å². The Morgan fingerprint density at radius 3 is 2.59 bits per heavy atom. The minimum absolute atomic E-state index is 0.0246. The number of ketones is 1. The number of hydrogen-bond donors (Lipinski definition) is 3. The fourth-order valence-electron chi connectivity index (χ4n) is 4.09. The molecule has 0 fully saturated rings. The zero-order valence-electron chi connectivity index (χ0n) is 17.6. The third-order valence-electron chi connectivity index (χ3n) is 5.81. The first-order chi connectivity index (χ1) is 15.4. The largest absolute Gasteiger partial charge is 0.505 e. The second-order valence-corrected chi connectivity index (χ2v) is 8.80. The Kier molecular flexibility index (Phi) is 5.68. The van der Waals surface area contributed by atoms with E-state index in [0.29, 0.717) is 16.1 Å². The minimum Gasteiger partial charge on any atom is -0.505 e. The van der Waals surface area contributed by atoms with Gasteiger partial charge in [-0.05, 0) is 43.2 Å². The van der Waals surface area contributed by atoms with Crippen LogP contribution in [0.25, 0.3) is 0 Å². The molecule has 0 saturated heterocycles. The molecule has 1 amide bonds. The maximum absolute atomic E-state index is 13.0. The number of anilines is 1. The number of thiophene rings is 1. The Balaban J connectivity index is 1.84. The number of nitrogens with zero attached hydrogens (tertiary/aromatic N) is 2. The number of nitrogens with two attached hydrogens (primary N) is 1. The molecular formula is C24H22N4O3S. The number of carbonyl (C=O) groups excluding carboxylic acids is 2. The molecule has 0 bridgehead atoms. The van der Waals surface area contributed by atoms with Gasteiger partial charge in [0, 0.05) is 16.5 Å². The molecule has 0 unspecified atom stereocenters. The van der Waals surface area contributed by atoms with Crippen LogP contribution < -0.4 is 10.6 Å². The van der Waals surface area contributed by atoms with Gasteiger partial charge in [0.15, 0.2) is 11.5 Å². The first-order valence-corrected chi connectivity index (χ1v) is 11.2. The van der Waals surface area contributed by atoms with Crippen LogP contribution in [-0.4, -0.2) is 22.6 Å². The Bertz CT molecular complexity index is 1250. The lowest BCUT2D eigenvalue weighted by Gasteiger charge is -2.19. The first-order valence-electron chi connectivity index (χ1n) is 10.4. The van der Waals surface area contributed by atoms with Crippen LogP contribution >= 0.6 is 11.3 Å². The number of hydrogen-bond acceptors (Lipinski definition) is 6. The van der Waals surface area contributed by atoms with Gasteiger partial charge >= 0.3 is 0 Å². The van der Waals surface area contributed by atoms with Gasteiger partial charge in [0.25, 0.3) is 5.91 Å². The van der Waals surface area contributed by atoms with Crippen LogP contribution in [-0.2, 0) is 24.1 Å². The van der Waals surface area contributed by atoms with Crippen molar-refractivity contribution in [2.45, 2.75) is 39.0 Å². The molecule has 162 valence electrons. The molecule has 2 heterocycles. The molecule has 1 aromatic carbocycles. The molecule has 0 radical (unpaired) electrons. The maximum Gasteiger partial charge on any atom is 0.256 e. The molecule has 0 atom stereocenters. The Morgan fingerprint density at radius 2 is 1.97 bits per heavy atom. The smallest absolute Gasteiger partial charge is 0.256 e. The number of aliphatic hydroxyl groups excluding tert-OH is 1. The van der Waals surface area contributed by atoms with Crippen molar-refractivity contribution in [2.24, 2.45) is 5.73 Å². The number of nitriles is 1. The number of nitrogens with one attached hydrogen (secondary N) is 1. The normalized spacial score (nSPS) is 16.9. The molecule has 0 spiro atoms. The van der Waals surface area contributed by atoms with Gasteiger partial charge in [-0.2, -0.15) is 5.26 Å². The summed E-state index contributed by atoms with van der Waals surface area (Å²) in [7, 11) is 0. The molecule has 32 heavy (non-hydrogen) atoms. The number of aryl methyl sites for hydroxylation is 2. The quantitative estimate of drug-likeness (QED) is 0.473. The van der Waals surface area contributed by atoms with Crippen LogP contribution in [0.4, 0.5) is 5.00 Å². The van der Waals surface area contributed by atoms with Crippen LogP contribution in [0.1, 0.15) is 51.7 Å². The van der Waals surface area contributed by atoms with Crippen molar-refractivity contribution in [1.29, 1.82) is 10.7 Å². The average Bonchev–Trinajstić information content (AvgIpc) is 3.27. The standard InChI is InChI=1S/C24H22N4O3S/c1-2-13-7-9-14(10-8-13)18(29)11-17-21(30)20(23(27)31)22(26)28(17)24-16(12-25)15-5-3-4-6-19(15)32-24/h7-11,26,30H,2-6H2,1H3,(H2,27,31). The van der Waals surface area contributed by atoms with E-state index in [2.05, 4.69) is 6.07 Å². The van der Waals surface area contributed by atoms with Gasteiger partial charge in [-0.25, -0.2) is 0 Å². The summed E-state index contributed by atoms with van der Waals surface area (Å²) in [5, 5.41) is 29.6. The summed E-state index contributed by atoms with van der Waals surface area (Å²) in [4.78, 5) is 27.3. The SMILES string of the molecule is CCc1ccc(C(=O)C=C2C(O)=C(C(N)=O)C(=N)N2c2sc3c(c2C#N)CCCC3)cc1. The lowest BCUT2D eigenvalue weighted by atomic mass is 9.96. The third-order valence-corrected chi connectivity index (χ3v) is 7.09. The van der Waals surface area contributed by atoms with Gasteiger partial charge in [-0.3, -0.25) is 19.9 Å². The molecule has 2 aromatic rings. The second-order valence-electron chi connectivity index (χ2n) is 7.72. The summed E-state index contributed by atoms with van der Waals surface area (Å²) in [5.74, 6) is -2.24. The van der Waals surface area contributed by atoms with E-state index in [1.807, 2.05) is 19.1 Å². The molecule has 8 heteroatoms. The molecule has 1 aliphatic heterocycles. The Labute approximate surface area is 189 Å². The predicted molar refractivity (Wildman–Crippen MR) is 123 cm³/mol. The van der Waals surface area contributed by atoms with E-state index in [1.165, 1.54) is 22.3 Å². The maximum atomic E-state index is 13.0. The monoisotopic (exact) mass is 446 g/mol. The number of fused-ring (bicyclic) bond motifs is 1. The van der Waals surface area contributed by atoms with Crippen molar-refractivity contribution >= 4 is 33.9 Å². The number of allylic oxidation sites excluding steroid dienone is 1. The van der Waals surface area contributed by atoms with E-state index in [1.54, 1.807) is 12.1 Å². The highest BCUT2D eigenvalue weighted by atomic mass is 32.1. The Hall–Kier alpha value is -3.70. The fraction of sp³-hybridized carbons (Fsp3) is 0.250. The van der Waals surface area contributed by atoms with Gasteiger partial charge < -0.3 is 10.8 Å². The van der Waals surface area contributed by atoms with Gasteiger partial charge in [0.05, 0.1) is 11.3 Å². The lowest BCUT2D eigenvalue weighted by molar-refractivity contribution is -0.114. The van der Waals surface area contributed by atoms with E-state index in [-0.39, 0.29) is 17.1 Å². The Morgan fingerprint density at radius 1 is 1.28 bits per heavy atom. The summed E-state index contributed by atoms with van der Waals surface area (Å²) >= 11 is 1.36. The summed E-state index contributed by atoms with van der Waals surface area (Å²) in [6.45, 7) is 2.02. The number of carbonyl (C=O) groups is 2. The second kappa shape index (κ2) is 8.44. The highest BCUT2D eigenvalue weighted by molar-refractivity contribution is 7.16. The van der Waals surface area contributed by atoms with Gasteiger partial charge in [0.1, 0.15) is 22.5 Å². The molecule has 4 rings (SSSR count). The minimum atomic E-state index is -0.972. The number of aliphatic hydroxyl groups is 1. The third kappa shape index (κ3) is 3.51. The van der Waals surface area contributed by atoms with E-state index < -0.39 is 17.4 Å². The fourth-order valence-corrected chi connectivity index (χ4v) is 5.45. The van der Waals surface area contributed by atoms with E-state index in [4.69, 9.17) is 11.1 Å². The summed E-state index contributed by atoms with van der Waals surface area (Å²) in [6, 6.07) is 9.32. The van der Waals surface area contributed by atoms with Crippen molar-refractivity contribution in [3.63, 3.8) is 0 Å². The number of amides is 1. The number of primary amides is 1. The molecule has 2 aliphatic rings. The molecule has 4 N–H and O–H groups in total. The van der Waals surface area contributed by atoms with Crippen LogP contribution in [0.3, 0.4) is 0 Å². The average molecular weight is 447 g/mol. The van der Waals surface area contributed by atoms with Crippen molar-refractivity contribution in [2.75, 3.05) is 4.90 Å². The van der Waals surface area contributed by atoms with Crippen LogP contribution in [0.2, 0.25) is 0 Å². The predicted octanol–water partition coefficient (Wildman–Crippen LogP) is 3.92. The number of benzene rings is 1. The van der Waals surface area contributed by atoms with Crippen molar-refractivity contribution in [1.82, 2.24) is 0 Å². The van der Waals surface area contributed by atoms with Gasteiger partial charge in [-0.15, -0.1) is 11.3 Å². The van der Waals surface area contributed by atoms with E-state index >= 15 is 0 Å². The van der Waals surface area contributed by atoms with Crippen LogP contribution in [0, 0.1) is 16.7 Å². The zero-order valence-corrected chi connectivity index (χ0v) is 18.4. The van der Waals surface area contributed by atoms with Crippen molar-refractivity contribution < 1.29 is 14.7 Å². The summed E-state index contributed by atoms with van der Waals surface area (Å²) < 4.78 is 0. The molecular weight excluding hydrogens is 424 g/mol. The van der Waals surface area contributed by atoms with E-state index in [0.717, 1.165) is 48.1 Å². The molecule has 7 nitrogen and oxygen atoms in total. The van der Waals surface area contributed by atoms with Crippen molar-refractivity contribution in [3.05, 3.63) is 74.5 Å². The number of rotatable bonds is 5. The van der Waals surface area contributed by atoms with Crippen molar-refractivity contribution in [3.8, 4) is 6.07 Å². The van der Waals surface area contributed by atoms with Gasteiger partial charge in [0.2, 0.25) is 0 Å². The molecule has 0 saturated carbocycles. The highest BCUT2D eigenvalue weighted by Gasteiger charge is 2.39. The summed E-state index contributed by atoms with van der Waals surface area (Å²) in [6.07, 6.45) is 5.62.